The van der Waals surface area contributed by atoms with Crippen molar-refractivity contribution in [3.8, 4) is 0 Å². The van der Waals surface area contributed by atoms with Crippen molar-refractivity contribution < 1.29 is 23.0 Å². The van der Waals surface area contributed by atoms with E-state index in [2.05, 4.69) is 25.5 Å². The fourth-order valence-corrected chi connectivity index (χ4v) is 1.15. The topological polar surface area (TPSA) is 29.5 Å². The Bertz CT molecular complexity index is 185. The molecule has 0 radical (unpaired) electrons. The molecule has 0 aromatic carbocycles. The summed E-state index contributed by atoms with van der Waals surface area (Å²) in [5, 5.41) is 9.48. The van der Waals surface area contributed by atoms with Gasteiger partial charge in [-0.05, 0) is 24.7 Å². The predicted molar refractivity (Wildman–Crippen MR) is 56.2 cm³/mol. The number of aliphatic hydroxyl groups is 1. The van der Waals surface area contributed by atoms with Gasteiger partial charge < -0.3 is 9.84 Å². The van der Waals surface area contributed by atoms with Crippen molar-refractivity contribution in [3.63, 3.8) is 0 Å². The van der Waals surface area contributed by atoms with E-state index in [-0.39, 0.29) is 18.4 Å². The Morgan fingerprint density at radius 2 is 1.69 bits per heavy atom. The van der Waals surface area contributed by atoms with E-state index in [0.717, 1.165) is 6.42 Å². The molecule has 0 rings (SSSR count). The summed E-state index contributed by atoms with van der Waals surface area (Å²) in [6.07, 6.45) is -3.16. The van der Waals surface area contributed by atoms with E-state index >= 15 is 0 Å². The molecule has 0 aromatic rings. The third-order valence-electron chi connectivity index (χ3n) is 2.09. The minimum atomic E-state index is -4.28. The molecule has 0 aliphatic rings. The molecule has 1 N–H and O–H groups in total. The molecule has 0 aliphatic carbocycles. The number of hydrogen-bond donors (Lipinski definition) is 1. The molecule has 98 valence electrons. The van der Waals surface area contributed by atoms with E-state index in [1.807, 2.05) is 0 Å². The highest BCUT2D eigenvalue weighted by Crippen LogP contribution is 2.22. The highest BCUT2D eigenvalue weighted by atomic mass is 19.4. The smallest absolute Gasteiger partial charge is 0.393 e. The first kappa shape index (κ1) is 15.7. The maximum Gasteiger partial charge on any atom is 0.411 e. The average molecular weight is 242 g/mol. The second-order valence-electron chi connectivity index (χ2n) is 5.21. The van der Waals surface area contributed by atoms with Crippen molar-refractivity contribution in [2.24, 2.45) is 5.41 Å². The lowest BCUT2D eigenvalue weighted by Crippen LogP contribution is -2.20. The zero-order valence-electron chi connectivity index (χ0n) is 10.1. The van der Waals surface area contributed by atoms with Crippen LogP contribution in [0.4, 0.5) is 13.2 Å². The first-order valence-electron chi connectivity index (χ1n) is 5.43. The lowest BCUT2D eigenvalue weighted by Gasteiger charge is -2.20. The number of alkyl halides is 3. The van der Waals surface area contributed by atoms with Crippen LogP contribution in [0.2, 0.25) is 0 Å². The van der Waals surface area contributed by atoms with E-state index in [1.165, 1.54) is 0 Å². The molecule has 0 spiro atoms. The molecular formula is C11H21F3O2. The van der Waals surface area contributed by atoms with Gasteiger partial charge in [-0.2, -0.15) is 13.2 Å². The van der Waals surface area contributed by atoms with Crippen LogP contribution in [-0.2, 0) is 4.74 Å². The van der Waals surface area contributed by atoms with E-state index in [9.17, 15) is 18.3 Å². The molecule has 0 aromatic heterocycles. The molecule has 0 saturated carbocycles. The van der Waals surface area contributed by atoms with Crippen LogP contribution in [0.3, 0.4) is 0 Å². The van der Waals surface area contributed by atoms with Crippen LogP contribution >= 0.6 is 0 Å². The minimum Gasteiger partial charge on any atom is -0.393 e. The first-order valence-corrected chi connectivity index (χ1v) is 5.43. The molecule has 0 heterocycles. The fraction of sp³-hybridized carbons (Fsp3) is 1.00. The number of hydrogen-bond acceptors (Lipinski definition) is 2. The van der Waals surface area contributed by atoms with Crippen molar-refractivity contribution in [2.45, 2.75) is 52.3 Å². The standard InChI is InChI=1S/C11H21F3O2/c1-10(2,3)6-4-9(15)5-7-16-8-11(12,13)14/h9,15H,4-8H2,1-3H3. The largest absolute Gasteiger partial charge is 0.411 e. The lowest BCUT2D eigenvalue weighted by molar-refractivity contribution is -0.175. The third-order valence-corrected chi connectivity index (χ3v) is 2.09. The van der Waals surface area contributed by atoms with E-state index in [1.54, 1.807) is 0 Å². The Morgan fingerprint density at radius 3 is 2.12 bits per heavy atom. The average Bonchev–Trinajstić information content (AvgIpc) is 2.06. The SMILES string of the molecule is CC(C)(C)CCC(O)CCOCC(F)(F)F. The lowest BCUT2D eigenvalue weighted by atomic mass is 9.89. The second-order valence-corrected chi connectivity index (χ2v) is 5.21. The Balaban J connectivity index is 3.48. The molecule has 1 atom stereocenters. The van der Waals surface area contributed by atoms with Crippen LogP contribution in [0.15, 0.2) is 0 Å². The number of rotatable bonds is 6. The summed E-state index contributed by atoms with van der Waals surface area (Å²) >= 11 is 0. The summed E-state index contributed by atoms with van der Waals surface area (Å²) in [5.74, 6) is 0. The molecule has 2 nitrogen and oxygen atoms in total. The maximum atomic E-state index is 11.7. The van der Waals surface area contributed by atoms with Gasteiger partial charge in [-0.1, -0.05) is 20.8 Å². The quantitative estimate of drug-likeness (QED) is 0.725. The minimum absolute atomic E-state index is 0.0508. The van der Waals surface area contributed by atoms with Crippen LogP contribution in [0.1, 0.15) is 40.0 Å². The second kappa shape index (κ2) is 6.45. The van der Waals surface area contributed by atoms with Gasteiger partial charge in [0.25, 0.3) is 0 Å². The van der Waals surface area contributed by atoms with Crippen molar-refractivity contribution in [3.05, 3.63) is 0 Å². The van der Waals surface area contributed by atoms with Crippen LogP contribution in [0.5, 0.6) is 0 Å². The Hall–Kier alpha value is -0.290. The maximum absolute atomic E-state index is 11.7. The molecule has 5 heteroatoms. The third kappa shape index (κ3) is 11.8. The van der Waals surface area contributed by atoms with Gasteiger partial charge in [0.2, 0.25) is 0 Å². The van der Waals surface area contributed by atoms with Crippen molar-refractivity contribution in [1.82, 2.24) is 0 Å². The van der Waals surface area contributed by atoms with E-state index in [4.69, 9.17) is 0 Å². The van der Waals surface area contributed by atoms with Gasteiger partial charge in [0.1, 0.15) is 6.61 Å². The van der Waals surface area contributed by atoms with Gasteiger partial charge in [-0.3, -0.25) is 0 Å². The number of aliphatic hydroxyl groups excluding tert-OH is 1. The van der Waals surface area contributed by atoms with Crippen LogP contribution in [0, 0.1) is 5.41 Å². The number of halogens is 3. The zero-order chi connectivity index (χ0) is 12.8. The van der Waals surface area contributed by atoms with Gasteiger partial charge in [-0.25, -0.2) is 0 Å². The van der Waals surface area contributed by atoms with Gasteiger partial charge in [0, 0.05) is 6.61 Å². The highest BCUT2D eigenvalue weighted by molar-refractivity contribution is 4.65. The molecule has 0 fully saturated rings. The molecular weight excluding hydrogens is 221 g/mol. The molecule has 0 bridgehead atoms. The summed E-state index contributed by atoms with van der Waals surface area (Å²) in [4.78, 5) is 0. The Kier molecular flexibility index (Phi) is 6.33. The van der Waals surface area contributed by atoms with Crippen LogP contribution in [-0.4, -0.2) is 30.6 Å². The van der Waals surface area contributed by atoms with Crippen molar-refractivity contribution in [2.75, 3.05) is 13.2 Å². The molecule has 0 amide bonds. The van der Waals surface area contributed by atoms with Crippen molar-refractivity contribution in [1.29, 1.82) is 0 Å². The first-order chi connectivity index (χ1) is 7.10. The summed E-state index contributed by atoms with van der Waals surface area (Å²) in [6, 6.07) is 0. The summed E-state index contributed by atoms with van der Waals surface area (Å²) in [5.41, 5.74) is 0.133. The van der Waals surface area contributed by atoms with Crippen molar-refractivity contribution >= 4 is 0 Å². The summed E-state index contributed by atoms with van der Waals surface area (Å²) < 4.78 is 39.5. The Morgan fingerprint density at radius 1 is 1.12 bits per heavy atom. The van der Waals surface area contributed by atoms with E-state index < -0.39 is 18.9 Å². The van der Waals surface area contributed by atoms with Gasteiger partial charge in [0.05, 0.1) is 6.10 Å². The molecule has 0 aliphatic heterocycles. The Labute approximate surface area is 94.8 Å². The molecule has 16 heavy (non-hydrogen) atoms. The van der Waals surface area contributed by atoms with Crippen LogP contribution in [0.25, 0.3) is 0 Å². The summed E-state index contributed by atoms with van der Waals surface area (Å²) in [6.45, 7) is 4.88. The molecule has 0 saturated heterocycles. The summed E-state index contributed by atoms with van der Waals surface area (Å²) in [7, 11) is 0. The van der Waals surface area contributed by atoms with E-state index in [0.29, 0.717) is 6.42 Å². The molecule has 1 unspecified atom stereocenters. The zero-order valence-corrected chi connectivity index (χ0v) is 10.1. The normalized spacial score (nSPS) is 15.2. The van der Waals surface area contributed by atoms with Gasteiger partial charge in [0.15, 0.2) is 0 Å². The van der Waals surface area contributed by atoms with Gasteiger partial charge in [-0.15, -0.1) is 0 Å². The van der Waals surface area contributed by atoms with Gasteiger partial charge >= 0.3 is 6.18 Å². The fourth-order valence-electron chi connectivity index (χ4n) is 1.15. The monoisotopic (exact) mass is 242 g/mol. The predicted octanol–water partition coefficient (Wildman–Crippen LogP) is 3.14. The number of ether oxygens (including phenoxy) is 1. The highest BCUT2D eigenvalue weighted by Gasteiger charge is 2.27. The van der Waals surface area contributed by atoms with Crippen LogP contribution < -0.4 is 0 Å².